The zero-order valence-electron chi connectivity index (χ0n) is 11.1. The molecule has 106 valence electrons. The van der Waals surface area contributed by atoms with E-state index < -0.39 is 6.10 Å². The fraction of sp³-hybridized carbons (Fsp3) is 0.118. The van der Waals surface area contributed by atoms with Crippen molar-refractivity contribution in [2.75, 3.05) is 0 Å². The minimum absolute atomic E-state index is 0.384. The first-order chi connectivity index (χ1) is 10.1. The van der Waals surface area contributed by atoms with E-state index in [4.69, 9.17) is 23.2 Å². The van der Waals surface area contributed by atoms with Crippen LogP contribution in [0.25, 0.3) is 10.8 Å². The molecular weight excluding hydrogens is 305 g/mol. The van der Waals surface area contributed by atoms with Crippen LogP contribution in [0.3, 0.4) is 0 Å². The number of hydrogen-bond donors (Lipinski definition) is 1. The average Bonchev–Trinajstić information content (AvgIpc) is 2.47. The summed E-state index contributed by atoms with van der Waals surface area (Å²) in [4.78, 5) is 4.14. The number of rotatable bonds is 3. The summed E-state index contributed by atoms with van der Waals surface area (Å²) >= 11 is 11.9. The van der Waals surface area contributed by atoms with Gasteiger partial charge in [0.2, 0.25) is 0 Å². The molecule has 1 N–H and O–H groups in total. The Morgan fingerprint density at radius 2 is 1.81 bits per heavy atom. The number of aliphatic hydroxyl groups excluding tert-OH is 1. The van der Waals surface area contributed by atoms with Crippen LogP contribution in [-0.4, -0.2) is 10.1 Å². The molecule has 0 fully saturated rings. The summed E-state index contributed by atoms with van der Waals surface area (Å²) in [7, 11) is 0. The van der Waals surface area contributed by atoms with E-state index in [1.807, 2.05) is 30.3 Å². The summed E-state index contributed by atoms with van der Waals surface area (Å²) in [6.45, 7) is 0. The minimum atomic E-state index is -0.763. The third-order valence-electron chi connectivity index (χ3n) is 3.45. The van der Waals surface area contributed by atoms with Gasteiger partial charge in [0.15, 0.2) is 0 Å². The highest BCUT2D eigenvalue weighted by atomic mass is 35.5. The molecule has 0 saturated heterocycles. The Kier molecular flexibility index (Phi) is 4.11. The van der Waals surface area contributed by atoms with Crippen LogP contribution in [0.5, 0.6) is 0 Å². The van der Waals surface area contributed by atoms with E-state index in [0.29, 0.717) is 22.2 Å². The Morgan fingerprint density at radius 1 is 1.05 bits per heavy atom. The van der Waals surface area contributed by atoms with Crippen LogP contribution in [0.1, 0.15) is 17.4 Å². The van der Waals surface area contributed by atoms with Gasteiger partial charge in [0, 0.05) is 12.6 Å². The second kappa shape index (κ2) is 6.02. The largest absolute Gasteiger partial charge is 0.386 e. The van der Waals surface area contributed by atoms with Gasteiger partial charge in [-0.05, 0) is 22.4 Å². The Bertz CT molecular complexity index is 783. The van der Waals surface area contributed by atoms with Gasteiger partial charge < -0.3 is 5.11 Å². The lowest BCUT2D eigenvalue weighted by molar-refractivity contribution is 0.174. The minimum Gasteiger partial charge on any atom is -0.386 e. The highest BCUT2D eigenvalue weighted by molar-refractivity contribution is 6.34. The summed E-state index contributed by atoms with van der Waals surface area (Å²) < 4.78 is 0. The van der Waals surface area contributed by atoms with E-state index in [2.05, 4.69) is 17.1 Å². The van der Waals surface area contributed by atoms with E-state index in [1.54, 1.807) is 6.07 Å². The van der Waals surface area contributed by atoms with Gasteiger partial charge in [-0.1, -0.05) is 65.7 Å². The maximum atomic E-state index is 10.4. The van der Waals surface area contributed by atoms with Crippen LogP contribution < -0.4 is 0 Å². The maximum Gasteiger partial charge on any atom is 0.101 e. The molecular formula is C17H13Cl2NO. The van der Waals surface area contributed by atoms with E-state index in [0.717, 1.165) is 16.3 Å². The summed E-state index contributed by atoms with van der Waals surface area (Å²) in [5.74, 6) is 0. The molecule has 1 unspecified atom stereocenters. The molecule has 1 heterocycles. The zero-order chi connectivity index (χ0) is 14.8. The third kappa shape index (κ3) is 3.03. The van der Waals surface area contributed by atoms with Gasteiger partial charge in [-0.15, -0.1) is 0 Å². The molecule has 3 rings (SSSR count). The fourth-order valence-electron chi connectivity index (χ4n) is 2.45. The Labute approximate surface area is 133 Å². The van der Waals surface area contributed by atoms with Gasteiger partial charge in [-0.2, -0.15) is 0 Å². The van der Waals surface area contributed by atoms with Crippen LogP contribution in [0, 0.1) is 0 Å². The molecule has 0 saturated carbocycles. The highest BCUT2D eigenvalue weighted by Gasteiger charge is 2.15. The summed E-state index contributed by atoms with van der Waals surface area (Å²) in [6.07, 6.45) is 1.19. The van der Waals surface area contributed by atoms with Crippen LogP contribution in [-0.2, 0) is 6.42 Å². The lowest BCUT2D eigenvalue weighted by atomic mass is 9.98. The number of halogens is 2. The van der Waals surface area contributed by atoms with E-state index >= 15 is 0 Å². The van der Waals surface area contributed by atoms with Gasteiger partial charge in [0.25, 0.3) is 0 Å². The zero-order valence-corrected chi connectivity index (χ0v) is 12.6. The number of benzene rings is 2. The number of aliphatic hydroxyl groups is 1. The first-order valence-electron chi connectivity index (χ1n) is 6.61. The first kappa shape index (κ1) is 14.3. The van der Waals surface area contributed by atoms with Crippen molar-refractivity contribution in [3.8, 4) is 0 Å². The molecule has 0 aliphatic heterocycles. The van der Waals surface area contributed by atoms with Crippen molar-refractivity contribution in [2.45, 2.75) is 12.5 Å². The smallest absolute Gasteiger partial charge is 0.101 e. The van der Waals surface area contributed by atoms with Gasteiger partial charge in [0.1, 0.15) is 6.10 Å². The lowest BCUT2D eigenvalue weighted by Gasteiger charge is -2.13. The molecule has 0 aliphatic carbocycles. The second-order valence-electron chi connectivity index (χ2n) is 4.88. The summed E-state index contributed by atoms with van der Waals surface area (Å²) in [6, 6.07) is 15.7. The SMILES string of the molecule is OC(Cc1cccc2ccccc12)c1ncc(Cl)cc1Cl. The Balaban J connectivity index is 1.94. The van der Waals surface area contributed by atoms with Crippen LogP contribution in [0.4, 0.5) is 0 Å². The number of fused-ring (bicyclic) bond motifs is 1. The predicted molar refractivity (Wildman–Crippen MR) is 86.9 cm³/mol. The maximum absolute atomic E-state index is 10.4. The summed E-state index contributed by atoms with van der Waals surface area (Å²) in [5.41, 5.74) is 1.52. The van der Waals surface area contributed by atoms with Gasteiger partial charge >= 0.3 is 0 Å². The normalized spacial score (nSPS) is 12.5. The molecule has 0 amide bonds. The van der Waals surface area contributed by atoms with Gasteiger partial charge in [-0.3, -0.25) is 4.98 Å². The van der Waals surface area contributed by atoms with E-state index in [-0.39, 0.29) is 0 Å². The molecule has 2 aromatic carbocycles. The standard InChI is InChI=1S/C17H13Cl2NO/c18-13-9-15(19)17(20-10-13)16(21)8-12-6-3-5-11-4-1-2-7-14(11)12/h1-7,9-10,16,21H,8H2. The molecule has 2 nitrogen and oxygen atoms in total. The van der Waals surface area contributed by atoms with Crippen molar-refractivity contribution in [2.24, 2.45) is 0 Å². The van der Waals surface area contributed by atoms with Crippen molar-refractivity contribution in [1.29, 1.82) is 0 Å². The molecule has 0 bridgehead atoms. The lowest BCUT2D eigenvalue weighted by Crippen LogP contribution is -2.05. The van der Waals surface area contributed by atoms with Crippen LogP contribution in [0.15, 0.2) is 54.7 Å². The topological polar surface area (TPSA) is 33.1 Å². The predicted octanol–water partition coefficient (Wildman–Crippen LogP) is 4.82. The van der Waals surface area contributed by atoms with Crippen molar-refractivity contribution < 1.29 is 5.11 Å². The fourth-order valence-corrected chi connectivity index (χ4v) is 2.95. The van der Waals surface area contributed by atoms with E-state index in [9.17, 15) is 5.11 Å². The molecule has 0 radical (unpaired) electrons. The Hall–Kier alpha value is -1.61. The van der Waals surface area contributed by atoms with Gasteiger partial charge in [-0.25, -0.2) is 0 Å². The molecule has 4 heteroatoms. The number of nitrogens with zero attached hydrogens (tertiary/aromatic N) is 1. The molecule has 0 spiro atoms. The van der Waals surface area contributed by atoms with Crippen molar-refractivity contribution in [3.05, 3.63) is 76.0 Å². The highest BCUT2D eigenvalue weighted by Crippen LogP contribution is 2.28. The quantitative estimate of drug-likeness (QED) is 0.751. The van der Waals surface area contributed by atoms with E-state index in [1.165, 1.54) is 6.20 Å². The summed E-state index contributed by atoms with van der Waals surface area (Å²) in [5, 5.41) is 13.5. The monoisotopic (exact) mass is 317 g/mol. The van der Waals surface area contributed by atoms with Crippen molar-refractivity contribution in [3.63, 3.8) is 0 Å². The molecule has 1 atom stereocenters. The molecule has 21 heavy (non-hydrogen) atoms. The molecule has 1 aromatic heterocycles. The number of hydrogen-bond acceptors (Lipinski definition) is 2. The van der Waals surface area contributed by atoms with Crippen molar-refractivity contribution >= 4 is 34.0 Å². The van der Waals surface area contributed by atoms with Crippen LogP contribution in [0.2, 0.25) is 10.0 Å². The second-order valence-corrected chi connectivity index (χ2v) is 5.72. The number of aromatic nitrogens is 1. The van der Waals surface area contributed by atoms with Crippen LogP contribution >= 0.6 is 23.2 Å². The number of pyridine rings is 1. The molecule has 0 aliphatic rings. The third-order valence-corrected chi connectivity index (χ3v) is 3.95. The van der Waals surface area contributed by atoms with Gasteiger partial charge in [0.05, 0.1) is 15.7 Å². The first-order valence-corrected chi connectivity index (χ1v) is 7.36. The van der Waals surface area contributed by atoms with Crippen molar-refractivity contribution in [1.82, 2.24) is 4.98 Å². The average molecular weight is 318 g/mol. The molecule has 3 aromatic rings. The Morgan fingerprint density at radius 3 is 2.62 bits per heavy atom.